The van der Waals surface area contributed by atoms with Crippen molar-refractivity contribution in [2.45, 2.75) is 45.2 Å². The average molecular weight is 252 g/mol. The molecule has 1 saturated carbocycles. The van der Waals surface area contributed by atoms with E-state index in [2.05, 4.69) is 35.6 Å². The molecule has 2 unspecified atom stereocenters. The zero-order chi connectivity index (χ0) is 12.3. The zero-order valence-electron chi connectivity index (χ0n) is 10.9. The molecule has 3 heteroatoms. The molecule has 2 atom stereocenters. The van der Waals surface area contributed by atoms with Gasteiger partial charge in [-0.3, -0.25) is 4.90 Å². The van der Waals surface area contributed by atoms with Crippen LogP contribution in [0.5, 0.6) is 0 Å². The number of thiophene rings is 1. The second-order valence-electron chi connectivity index (χ2n) is 5.10. The fraction of sp³-hybridized carbons (Fsp3) is 0.714. The lowest BCUT2D eigenvalue weighted by Crippen LogP contribution is -2.41. The molecular formula is C14H24N2S. The summed E-state index contributed by atoms with van der Waals surface area (Å²) in [6.45, 7) is 6.77. The zero-order valence-corrected chi connectivity index (χ0v) is 11.7. The Morgan fingerprint density at radius 2 is 2.24 bits per heavy atom. The van der Waals surface area contributed by atoms with Crippen molar-refractivity contribution in [2.75, 3.05) is 13.1 Å². The van der Waals surface area contributed by atoms with E-state index in [0.717, 1.165) is 18.9 Å². The van der Waals surface area contributed by atoms with Crippen molar-refractivity contribution in [2.24, 2.45) is 11.7 Å². The lowest BCUT2D eigenvalue weighted by molar-refractivity contribution is 0.171. The molecule has 0 aromatic carbocycles. The summed E-state index contributed by atoms with van der Waals surface area (Å²) in [5.41, 5.74) is 7.75. The molecule has 0 aliphatic heterocycles. The summed E-state index contributed by atoms with van der Waals surface area (Å²) in [5, 5.41) is 4.42. The predicted octanol–water partition coefficient (Wildman–Crippen LogP) is 3.26. The summed E-state index contributed by atoms with van der Waals surface area (Å²) in [6, 6.07) is 2.90. The van der Waals surface area contributed by atoms with Crippen LogP contribution in [0.1, 0.15) is 44.7 Å². The Morgan fingerprint density at radius 3 is 2.71 bits per heavy atom. The van der Waals surface area contributed by atoms with Gasteiger partial charge in [0.25, 0.3) is 0 Å². The molecular weight excluding hydrogens is 228 g/mol. The van der Waals surface area contributed by atoms with Crippen molar-refractivity contribution in [3.63, 3.8) is 0 Å². The highest BCUT2D eigenvalue weighted by Crippen LogP contribution is 2.34. The summed E-state index contributed by atoms with van der Waals surface area (Å²) in [7, 11) is 0. The highest BCUT2D eigenvalue weighted by atomic mass is 32.1. The van der Waals surface area contributed by atoms with Crippen LogP contribution >= 0.6 is 11.3 Å². The maximum absolute atomic E-state index is 6.34. The van der Waals surface area contributed by atoms with Crippen molar-refractivity contribution in [3.8, 4) is 0 Å². The molecule has 1 fully saturated rings. The number of nitrogens with zero attached hydrogens (tertiary/aromatic N) is 1. The van der Waals surface area contributed by atoms with E-state index < -0.39 is 0 Å². The summed E-state index contributed by atoms with van der Waals surface area (Å²) in [4.78, 5) is 2.58. The first-order valence-corrected chi connectivity index (χ1v) is 7.72. The molecule has 0 spiro atoms. The molecule has 2 rings (SSSR count). The minimum Gasteiger partial charge on any atom is -0.326 e. The van der Waals surface area contributed by atoms with Gasteiger partial charge in [0.2, 0.25) is 0 Å². The summed E-state index contributed by atoms with van der Waals surface area (Å²) in [6.07, 6.45) is 3.87. The monoisotopic (exact) mass is 252 g/mol. The molecule has 0 amide bonds. The molecule has 1 aromatic rings. The number of likely N-dealkylation sites (N-methyl/N-ethyl adjacent to an activating group) is 1. The van der Waals surface area contributed by atoms with Crippen LogP contribution in [0.4, 0.5) is 0 Å². The predicted molar refractivity (Wildman–Crippen MR) is 75.3 cm³/mol. The van der Waals surface area contributed by atoms with Crippen LogP contribution in [-0.4, -0.2) is 24.0 Å². The minimum absolute atomic E-state index is 0.253. The van der Waals surface area contributed by atoms with E-state index in [1.165, 1.54) is 24.9 Å². The molecule has 0 radical (unpaired) electrons. The molecule has 2 N–H and O–H groups in total. The van der Waals surface area contributed by atoms with Gasteiger partial charge in [0.1, 0.15) is 0 Å². The Balaban J connectivity index is 2.11. The van der Waals surface area contributed by atoms with Crippen LogP contribution < -0.4 is 5.73 Å². The SMILES string of the molecule is CCC(N)C(c1ccsc1)N(CC)CC1CC1. The average Bonchev–Trinajstić information content (AvgIpc) is 3.00. The second-order valence-corrected chi connectivity index (χ2v) is 5.88. The van der Waals surface area contributed by atoms with Gasteiger partial charge in [0, 0.05) is 12.6 Å². The van der Waals surface area contributed by atoms with Gasteiger partial charge in [-0.1, -0.05) is 13.8 Å². The Morgan fingerprint density at radius 1 is 1.47 bits per heavy atom. The highest BCUT2D eigenvalue weighted by molar-refractivity contribution is 7.07. The maximum atomic E-state index is 6.34. The quantitative estimate of drug-likeness (QED) is 0.807. The van der Waals surface area contributed by atoms with Crippen molar-refractivity contribution in [3.05, 3.63) is 22.4 Å². The number of nitrogens with two attached hydrogens (primary N) is 1. The van der Waals surface area contributed by atoms with Gasteiger partial charge in [-0.2, -0.15) is 11.3 Å². The van der Waals surface area contributed by atoms with Crippen LogP contribution in [-0.2, 0) is 0 Å². The van der Waals surface area contributed by atoms with E-state index in [9.17, 15) is 0 Å². The van der Waals surface area contributed by atoms with E-state index in [-0.39, 0.29) is 6.04 Å². The van der Waals surface area contributed by atoms with Crippen LogP contribution in [0.3, 0.4) is 0 Å². The lowest BCUT2D eigenvalue weighted by atomic mass is 9.98. The number of hydrogen-bond acceptors (Lipinski definition) is 3. The molecule has 1 aromatic heterocycles. The van der Waals surface area contributed by atoms with Crippen LogP contribution in [0.15, 0.2) is 16.8 Å². The Labute approximate surface area is 109 Å². The summed E-state index contributed by atoms with van der Waals surface area (Å²) in [5.74, 6) is 0.931. The first-order valence-electron chi connectivity index (χ1n) is 6.78. The summed E-state index contributed by atoms with van der Waals surface area (Å²) < 4.78 is 0. The van der Waals surface area contributed by atoms with Crippen LogP contribution in [0.25, 0.3) is 0 Å². The Bertz CT molecular complexity index is 319. The van der Waals surface area contributed by atoms with Gasteiger partial charge in [-0.15, -0.1) is 0 Å². The van der Waals surface area contributed by atoms with Gasteiger partial charge >= 0.3 is 0 Å². The molecule has 2 nitrogen and oxygen atoms in total. The van der Waals surface area contributed by atoms with Crippen LogP contribution in [0.2, 0.25) is 0 Å². The Kier molecular flexibility index (Phi) is 4.60. The van der Waals surface area contributed by atoms with Crippen molar-refractivity contribution < 1.29 is 0 Å². The fourth-order valence-electron chi connectivity index (χ4n) is 2.47. The third-order valence-corrected chi connectivity index (χ3v) is 4.45. The number of rotatable bonds is 7. The molecule has 1 aliphatic rings. The second kappa shape index (κ2) is 5.98. The van der Waals surface area contributed by atoms with E-state index in [1.54, 1.807) is 11.3 Å². The third kappa shape index (κ3) is 3.30. The first-order chi connectivity index (χ1) is 8.26. The first kappa shape index (κ1) is 13.1. The molecule has 0 saturated heterocycles. The Hall–Kier alpha value is -0.380. The van der Waals surface area contributed by atoms with Crippen LogP contribution in [0, 0.1) is 5.92 Å². The fourth-order valence-corrected chi connectivity index (χ4v) is 3.16. The van der Waals surface area contributed by atoms with Crippen molar-refractivity contribution >= 4 is 11.3 Å². The van der Waals surface area contributed by atoms with E-state index >= 15 is 0 Å². The van der Waals surface area contributed by atoms with Gasteiger partial charge in [0.05, 0.1) is 6.04 Å². The summed E-state index contributed by atoms with van der Waals surface area (Å²) >= 11 is 1.78. The van der Waals surface area contributed by atoms with Gasteiger partial charge in [-0.05, 0) is 54.1 Å². The molecule has 96 valence electrons. The highest BCUT2D eigenvalue weighted by Gasteiger charge is 2.30. The smallest absolute Gasteiger partial charge is 0.0507 e. The molecule has 0 bridgehead atoms. The van der Waals surface area contributed by atoms with E-state index in [0.29, 0.717) is 6.04 Å². The number of hydrogen-bond donors (Lipinski definition) is 1. The topological polar surface area (TPSA) is 29.3 Å². The molecule has 1 aliphatic carbocycles. The van der Waals surface area contributed by atoms with Crippen molar-refractivity contribution in [1.29, 1.82) is 0 Å². The third-order valence-electron chi connectivity index (χ3n) is 3.75. The van der Waals surface area contributed by atoms with E-state index in [1.807, 2.05) is 0 Å². The maximum Gasteiger partial charge on any atom is 0.0507 e. The van der Waals surface area contributed by atoms with E-state index in [4.69, 9.17) is 5.73 Å². The van der Waals surface area contributed by atoms with Crippen molar-refractivity contribution in [1.82, 2.24) is 4.90 Å². The largest absolute Gasteiger partial charge is 0.326 e. The molecule has 17 heavy (non-hydrogen) atoms. The van der Waals surface area contributed by atoms with Gasteiger partial charge in [-0.25, -0.2) is 0 Å². The molecule has 1 heterocycles. The lowest BCUT2D eigenvalue weighted by Gasteiger charge is -2.34. The minimum atomic E-state index is 0.253. The standard InChI is InChI=1S/C14H24N2S/c1-3-13(15)14(12-7-8-17-10-12)16(4-2)9-11-5-6-11/h7-8,10-11,13-14H,3-6,9,15H2,1-2H3. The van der Waals surface area contributed by atoms with Gasteiger partial charge < -0.3 is 5.73 Å². The van der Waals surface area contributed by atoms with Gasteiger partial charge in [0.15, 0.2) is 0 Å². The normalized spacial score (nSPS) is 19.5.